The Hall–Kier alpha value is -1.92. The summed E-state index contributed by atoms with van der Waals surface area (Å²) < 4.78 is 40.8. The molecule has 1 fully saturated rings. The van der Waals surface area contributed by atoms with Crippen molar-refractivity contribution in [3.8, 4) is 0 Å². The van der Waals surface area contributed by atoms with E-state index in [4.69, 9.17) is 33.2 Å². The van der Waals surface area contributed by atoms with Crippen molar-refractivity contribution in [2.75, 3.05) is 119 Å². The van der Waals surface area contributed by atoms with E-state index in [0.29, 0.717) is 64.7 Å². The van der Waals surface area contributed by atoms with Gasteiger partial charge in [-0.2, -0.15) is 0 Å². The van der Waals surface area contributed by atoms with Gasteiger partial charge in [0.15, 0.2) is 0 Å². The van der Waals surface area contributed by atoms with Crippen molar-refractivity contribution >= 4 is 0 Å². The van der Waals surface area contributed by atoms with Crippen molar-refractivity contribution in [1.82, 2.24) is 9.80 Å². The van der Waals surface area contributed by atoms with Crippen molar-refractivity contribution in [3.63, 3.8) is 0 Å². The fraction of sp³-hybridized carbons (Fsp3) is 0.727. The van der Waals surface area contributed by atoms with Crippen LogP contribution in [0.4, 0.5) is 0 Å². The Morgan fingerprint density at radius 1 is 0.396 bits per heavy atom. The van der Waals surface area contributed by atoms with Crippen LogP contribution in [0, 0.1) is 11.8 Å². The highest BCUT2D eigenvalue weighted by Gasteiger charge is 2.11. The molecule has 3 rings (SSSR count). The molecule has 0 aromatic heterocycles. The molecular formula is C44H74N2O7. The van der Waals surface area contributed by atoms with Gasteiger partial charge in [-0.25, -0.2) is 0 Å². The van der Waals surface area contributed by atoms with Crippen LogP contribution in [0.5, 0.6) is 0 Å². The molecule has 0 N–H and O–H groups in total. The Bertz CT molecular complexity index is 983. The lowest BCUT2D eigenvalue weighted by molar-refractivity contribution is -0.0138. The van der Waals surface area contributed by atoms with E-state index < -0.39 is 0 Å². The van der Waals surface area contributed by atoms with Gasteiger partial charge in [-0.1, -0.05) is 74.5 Å². The van der Waals surface area contributed by atoms with Crippen LogP contribution in [0.1, 0.15) is 76.3 Å². The first-order valence-corrected chi connectivity index (χ1v) is 20.8. The fourth-order valence-electron chi connectivity index (χ4n) is 6.35. The van der Waals surface area contributed by atoms with Crippen LogP contribution in [-0.2, 0) is 46.2 Å². The average Bonchev–Trinajstić information content (AvgIpc) is 3.17. The first-order chi connectivity index (χ1) is 26.2. The minimum atomic E-state index is 0.485. The molecule has 2 atom stereocenters. The molecule has 0 spiro atoms. The summed E-state index contributed by atoms with van der Waals surface area (Å²) in [5.41, 5.74) is 2.73. The second-order valence-electron chi connectivity index (χ2n) is 14.6. The Balaban J connectivity index is 1.38. The van der Waals surface area contributed by atoms with Crippen LogP contribution in [0.15, 0.2) is 60.7 Å². The highest BCUT2D eigenvalue weighted by Crippen LogP contribution is 2.14. The zero-order valence-electron chi connectivity index (χ0n) is 33.5. The molecule has 1 aliphatic rings. The first-order valence-electron chi connectivity index (χ1n) is 20.8. The first kappa shape index (κ1) is 45.5. The van der Waals surface area contributed by atoms with E-state index in [-0.39, 0.29) is 0 Å². The molecule has 0 aliphatic carbocycles. The number of hydrogen-bond acceptors (Lipinski definition) is 9. The smallest absolute Gasteiger partial charge is 0.0701 e. The van der Waals surface area contributed by atoms with Crippen molar-refractivity contribution < 1.29 is 33.2 Å². The third-order valence-corrected chi connectivity index (χ3v) is 9.60. The van der Waals surface area contributed by atoms with Gasteiger partial charge in [0.1, 0.15) is 0 Å². The SMILES string of the molecule is CC1CCCOCCOCCOCCOCCOCC(C)CCN(Cc2ccccc2)CCCOCCCCOCCCN(Cc2ccccc2)CC1. The van der Waals surface area contributed by atoms with Gasteiger partial charge in [0.05, 0.1) is 52.9 Å². The van der Waals surface area contributed by atoms with Gasteiger partial charge in [0.2, 0.25) is 0 Å². The number of hydrogen-bond donors (Lipinski definition) is 0. The maximum absolute atomic E-state index is 6.04. The summed E-state index contributed by atoms with van der Waals surface area (Å²) in [5.74, 6) is 1.15. The predicted molar refractivity (Wildman–Crippen MR) is 214 cm³/mol. The molecule has 1 saturated heterocycles. The van der Waals surface area contributed by atoms with E-state index in [1.165, 1.54) is 24.0 Å². The monoisotopic (exact) mass is 743 g/mol. The maximum atomic E-state index is 6.04. The molecule has 9 heteroatoms. The molecule has 2 unspecified atom stereocenters. The minimum Gasteiger partial charge on any atom is -0.381 e. The lowest BCUT2D eigenvalue weighted by Crippen LogP contribution is -2.28. The van der Waals surface area contributed by atoms with Gasteiger partial charge in [0.25, 0.3) is 0 Å². The molecule has 1 aliphatic heterocycles. The van der Waals surface area contributed by atoms with E-state index in [1.54, 1.807) is 0 Å². The Labute approximate surface area is 322 Å². The third-order valence-electron chi connectivity index (χ3n) is 9.60. The lowest BCUT2D eigenvalue weighted by atomic mass is 10.0. The summed E-state index contributed by atoms with van der Waals surface area (Å²) in [7, 11) is 0. The van der Waals surface area contributed by atoms with E-state index in [9.17, 15) is 0 Å². The minimum absolute atomic E-state index is 0.485. The summed E-state index contributed by atoms with van der Waals surface area (Å²) in [6.45, 7) is 20.3. The van der Waals surface area contributed by atoms with Crippen LogP contribution in [-0.4, -0.2) is 128 Å². The molecule has 0 saturated carbocycles. The Kier molecular flexibility index (Phi) is 27.7. The second-order valence-corrected chi connectivity index (χ2v) is 14.6. The summed E-state index contributed by atoms with van der Waals surface area (Å²) in [6, 6.07) is 21.6. The van der Waals surface area contributed by atoms with Crippen molar-refractivity contribution in [3.05, 3.63) is 71.8 Å². The fourth-order valence-corrected chi connectivity index (χ4v) is 6.35. The highest BCUT2D eigenvalue weighted by atomic mass is 16.6. The van der Waals surface area contributed by atoms with Crippen molar-refractivity contribution in [2.45, 2.75) is 78.3 Å². The number of nitrogens with zero attached hydrogens (tertiary/aromatic N) is 2. The normalized spacial score (nSPS) is 23.8. The van der Waals surface area contributed by atoms with E-state index >= 15 is 0 Å². The maximum Gasteiger partial charge on any atom is 0.0701 e. The van der Waals surface area contributed by atoms with E-state index in [2.05, 4.69) is 84.3 Å². The molecule has 0 amide bonds. The van der Waals surface area contributed by atoms with Crippen molar-refractivity contribution in [1.29, 1.82) is 0 Å². The van der Waals surface area contributed by atoms with Crippen LogP contribution < -0.4 is 0 Å². The molecule has 9 nitrogen and oxygen atoms in total. The van der Waals surface area contributed by atoms with Gasteiger partial charge < -0.3 is 33.2 Å². The highest BCUT2D eigenvalue weighted by molar-refractivity contribution is 5.15. The van der Waals surface area contributed by atoms with Crippen LogP contribution in [0.2, 0.25) is 0 Å². The molecule has 2 aromatic rings. The molecule has 53 heavy (non-hydrogen) atoms. The standard InChI is InChI=1S/C44H74N2O7/c1-41-14-11-27-49-30-31-50-32-33-51-34-35-52-36-37-53-40-42(2)20-24-46(39-44-17-7-4-8-18-44)22-13-29-48-26-10-9-25-47-28-12-21-45(23-19-41)38-43-15-5-3-6-16-43/h3-8,15-18,41-42H,9-14,19-40H2,1-2H3. The van der Waals surface area contributed by atoms with Gasteiger partial charge in [-0.15, -0.1) is 0 Å². The number of ether oxygens (including phenoxy) is 7. The zero-order chi connectivity index (χ0) is 37.3. The van der Waals surface area contributed by atoms with Gasteiger partial charge >= 0.3 is 0 Å². The predicted octanol–water partition coefficient (Wildman–Crippen LogP) is 7.51. The quantitative estimate of drug-likeness (QED) is 0.317. The molecule has 2 aromatic carbocycles. The largest absolute Gasteiger partial charge is 0.381 e. The summed E-state index contributed by atoms with van der Waals surface area (Å²) in [5, 5.41) is 0. The Morgan fingerprint density at radius 2 is 0.774 bits per heavy atom. The Morgan fingerprint density at radius 3 is 1.26 bits per heavy atom. The number of rotatable bonds is 4. The molecule has 0 radical (unpaired) electrons. The van der Waals surface area contributed by atoms with Gasteiger partial charge in [-0.3, -0.25) is 9.80 Å². The molecule has 302 valence electrons. The summed E-state index contributed by atoms with van der Waals surface area (Å²) >= 11 is 0. The summed E-state index contributed by atoms with van der Waals surface area (Å²) in [6.07, 6.45) is 8.73. The van der Waals surface area contributed by atoms with Crippen LogP contribution in [0.3, 0.4) is 0 Å². The topological polar surface area (TPSA) is 71.1 Å². The zero-order valence-corrected chi connectivity index (χ0v) is 33.5. The average molecular weight is 743 g/mol. The lowest BCUT2D eigenvalue weighted by Gasteiger charge is -2.24. The molecular weight excluding hydrogens is 668 g/mol. The third kappa shape index (κ3) is 25.7. The summed E-state index contributed by atoms with van der Waals surface area (Å²) in [4.78, 5) is 5.16. The second kappa shape index (κ2) is 32.3. The van der Waals surface area contributed by atoms with E-state index in [0.717, 1.165) is 117 Å². The number of benzene rings is 2. The van der Waals surface area contributed by atoms with Crippen LogP contribution in [0.25, 0.3) is 0 Å². The van der Waals surface area contributed by atoms with Crippen molar-refractivity contribution in [2.24, 2.45) is 11.8 Å². The molecule has 1 heterocycles. The molecule has 0 bridgehead atoms. The van der Waals surface area contributed by atoms with Gasteiger partial charge in [0, 0.05) is 65.8 Å². The van der Waals surface area contributed by atoms with Gasteiger partial charge in [-0.05, 0) is 87.4 Å². The van der Waals surface area contributed by atoms with Crippen LogP contribution >= 0.6 is 0 Å². The van der Waals surface area contributed by atoms with E-state index in [1.807, 2.05) is 0 Å².